The number of benzene rings is 1. The molecule has 1 rings (SSSR count). The minimum Gasteiger partial charge on any atom is -0.466 e. The maximum Gasteiger partial charge on any atom is 0.408 e. The minimum absolute atomic E-state index is 0.0606. The van der Waals surface area contributed by atoms with Gasteiger partial charge in [0.15, 0.2) is 0 Å². The highest BCUT2D eigenvalue weighted by atomic mass is 16.6. The van der Waals surface area contributed by atoms with Crippen LogP contribution in [0.1, 0.15) is 69.7 Å². The van der Waals surface area contributed by atoms with Gasteiger partial charge in [0.1, 0.15) is 24.2 Å². The number of rotatable bonds is 13. The number of primary amides is 1. The second-order valence-electron chi connectivity index (χ2n) is 9.87. The van der Waals surface area contributed by atoms with Gasteiger partial charge in [0.2, 0.25) is 17.7 Å². The third-order valence-corrected chi connectivity index (χ3v) is 5.63. The van der Waals surface area contributed by atoms with Crippen molar-refractivity contribution in [3.63, 3.8) is 0 Å². The monoisotopic (exact) mass is 545 g/mol. The van der Waals surface area contributed by atoms with E-state index in [1.165, 1.54) is 0 Å². The fourth-order valence-corrected chi connectivity index (χ4v) is 3.70. The van der Waals surface area contributed by atoms with Gasteiger partial charge in [0.25, 0.3) is 0 Å². The first-order valence-electron chi connectivity index (χ1n) is 12.7. The topological polar surface area (TPSA) is 181 Å². The highest BCUT2D eigenvalue weighted by molar-refractivity contribution is 5.93. The number of ether oxygens (including phenoxy) is 2. The fraction of sp³-hybridized carbons (Fsp3) is 0.556. The number of nitriles is 1. The molecule has 4 amide bonds. The van der Waals surface area contributed by atoms with Crippen LogP contribution in [0.4, 0.5) is 4.79 Å². The van der Waals surface area contributed by atoms with Crippen LogP contribution in [0.5, 0.6) is 0 Å². The van der Waals surface area contributed by atoms with Gasteiger partial charge in [-0.2, -0.15) is 5.26 Å². The third kappa shape index (κ3) is 11.0. The smallest absolute Gasteiger partial charge is 0.408 e. The van der Waals surface area contributed by atoms with E-state index in [4.69, 9.17) is 15.2 Å². The molecule has 0 aromatic heterocycles. The van der Waals surface area contributed by atoms with Gasteiger partial charge < -0.3 is 30.7 Å². The molecule has 0 aliphatic rings. The summed E-state index contributed by atoms with van der Waals surface area (Å²) < 4.78 is 10.2. The lowest BCUT2D eigenvalue weighted by atomic mass is 9.94. The van der Waals surface area contributed by atoms with Crippen LogP contribution in [-0.4, -0.2) is 66.0 Å². The molecule has 2 atom stereocenters. The highest BCUT2D eigenvalue weighted by Gasteiger charge is 2.37. The summed E-state index contributed by atoms with van der Waals surface area (Å²) in [6, 6.07) is 4.52. The Kier molecular flexibility index (Phi) is 12.9. The summed E-state index contributed by atoms with van der Waals surface area (Å²) in [6.07, 6.45) is -1.43. The number of alkyl carbamates (subject to hydrolysis) is 1. The van der Waals surface area contributed by atoms with E-state index in [1.54, 1.807) is 46.8 Å². The Morgan fingerprint density at radius 2 is 1.79 bits per heavy atom. The molecule has 0 saturated carbocycles. The van der Waals surface area contributed by atoms with E-state index >= 15 is 0 Å². The Morgan fingerprint density at radius 3 is 2.36 bits per heavy atom. The summed E-state index contributed by atoms with van der Waals surface area (Å²) >= 11 is 0. The van der Waals surface area contributed by atoms with Gasteiger partial charge in [-0.3, -0.25) is 19.2 Å². The molecule has 0 radical (unpaired) electrons. The van der Waals surface area contributed by atoms with Crippen molar-refractivity contribution in [2.45, 2.75) is 78.5 Å². The zero-order valence-electron chi connectivity index (χ0n) is 23.5. The van der Waals surface area contributed by atoms with Gasteiger partial charge in [-0.15, -0.1) is 0 Å². The number of carbonyl (C=O) groups is 5. The van der Waals surface area contributed by atoms with Crippen molar-refractivity contribution in [3.8, 4) is 6.07 Å². The summed E-state index contributed by atoms with van der Waals surface area (Å²) in [6.45, 7) is 9.84. The number of esters is 1. The second-order valence-corrected chi connectivity index (χ2v) is 9.87. The molecular weight excluding hydrogens is 506 g/mol. The van der Waals surface area contributed by atoms with Gasteiger partial charge in [0.05, 0.1) is 19.1 Å². The summed E-state index contributed by atoms with van der Waals surface area (Å²) in [4.78, 5) is 64.2. The SMILES string of the molecule is CCOC(=O)CCNC(=O)C(c1cccc(C)c1C)N(CC#N)C(=O)C(CCC(N)=O)NC(=O)OC(C)(C)C. The zero-order chi connectivity index (χ0) is 29.8. The summed E-state index contributed by atoms with van der Waals surface area (Å²) in [5.74, 6) is -2.62. The van der Waals surface area contributed by atoms with E-state index in [-0.39, 0.29) is 32.4 Å². The maximum absolute atomic E-state index is 13.8. The molecule has 0 aliphatic carbocycles. The van der Waals surface area contributed by atoms with E-state index in [1.807, 2.05) is 19.1 Å². The van der Waals surface area contributed by atoms with Gasteiger partial charge in [0, 0.05) is 13.0 Å². The van der Waals surface area contributed by atoms with Crippen molar-refractivity contribution < 1.29 is 33.4 Å². The molecule has 2 unspecified atom stereocenters. The van der Waals surface area contributed by atoms with Crippen molar-refractivity contribution in [2.75, 3.05) is 19.7 Å². The number of carbonyl (C=O) groups excluding carboxylic acids is 5. The molecule has 0 spiro atoms. The van der Waals surface area contributed by atoms with Gasteiger partial charge in [-0.25, -0.2) is 4.79 Å². The molecular formula is C27H39N5O7. The Balaban J connectivity index is 3.47. The summed E-state index contributed by atoms with van der Waals surface area (Å²) in [7, 11) is 0. The third-order valence-electron chi connectivity index (χ3n) is 5.63. The first-order valence-corrected chi connectivity index (χ1v) is 12.7. The number of nitrogens with one attached hydrogen (secondary N) is 2. The molecule has 4 N–H and O–H groups in total. The quantitative estimate of drug-likeness (QED) is 0.248. The number of nitrogens with two attached hydrogens (primary N) is 1. The minimum atomic E-state index is -1.32. The lowest BCUT2D eigenvalue weighted by molar-refractivity contribution is -0.144. The van der Waals surface area contributed by atoms with E-state index < -0.39 is 54.0 Å². The summed E-state index contributed by atoms with van der Waals surface area (Å²) in [5, 5.41) is 14.7. The van der Waals surface area contributed by atoms with E-state index in [0.29, 0.717) is 11.1 Å². The molecule has 12 heteroatoms. The zero-order valence-corrected chi connectivity index (χ0v) is 23.5. The van der Waals surface area contributed by atoms with Gasteiger partial charge in [-0.05, 0) is 64.7 Å². The number of nitrogens with zero attached hydrogens (tertiary/aromatic N) is 2. The average Bonchev–Trinajstić information content (AvgIpc) is 2.82. The first-order chi connectivity index (χ1) is 18.2. The lowest BCUT2D eigenvalue weighted by Gasteiger charge is -2.33. The Hall–Kier alpha value is -4.14. The van der Waals surface area contributed by atoms with Crippen molar-refractivity contribution in [1.29, 1.82) is 5.26 Å². The predicted octanol–water partition coefficient (Wildman–Crippen LogP) is 1.92. The van der Waals surface area contributed by atoms with Crippen LogP contribution in [0.2, 0.25) is 0 Å². The van der Waals surface area contributed by atoms with Crippen molar-refractivity contribution in [2.24, 2.45) is 5.73 Å². The van der Waals surface area contributed by atoms with E-state index in [9.17, 15) is 29.2 Å². The van der Waals surface area contributed by atoms with Crippen LogP contribution in [0.3, 0.4) is 0 Å². The van der Waals surface area contributed by atoms with Crippen LogP contribution in [-0.2, 0) is 28.7 Å². The van der Waals surface area contributed by atoms with Crippen LogP contribution >= 0.6 is 0 Å². The molecule has 1 aromatic rings. The van der Waals surface area contributed by atoms with Crippen molar-refractivity contribution in [3.05, 3.63) is 34.9 Å². The average molecular weight is 546 g/mol. The Labute approximate surface area is 229 Å². The molecule has 12 nitrogen and oxygen atoms in total. The van der Waals surface area contributed by atoms with Crippen LogP contribution in [0, 0.1) is 25.2 Å². The maximum atomic E-state index is 13.8. The Morgan fingerprint density at radius 1 is 1.13 bits per heavy atom. The fourth-order valence-electron chi connectivity index (χ4n) is 3.70. The highest BCUT2D eigenvalue weighted by Crippen LogP contribution is 2.27. The molecule has 0 bridgehead atoms. The molecule has 39 heavy (non-hydrogen) atoms. The second kappa shape index (κ2) is 15.3. The standard InChI is InChI=1S/C27H39N5O7/c1-7-38-22(34)13-15-30-24(35)23(19-10-8-9-17(2)18(19)3)32(16-14-28)25(36)20(11-12-21(29)33)31-26(37)39-27(4,5)6/h8-10,20,23H,7,11-13,15-16H2,1-6H3,(H2,29,33)(H,30,35)(H,31,37). The Bertz CT molecular complexity index is 1090. The number of hydrogen-bond acceptors (Lipinski definition) is 8. The van der Waals surface area contributed by atoms with Crippen molar-refractivity contribution >= 4 is 29.8 Å². The van der Waals surface area contributed by atoms with Crippen LogP contribution < -0.4 is 16.4 Å². The van der Waals surface area contributed by atoms with Gasteiger partial charge >= 0.3 is 12.1 Å². The molecule has 0 aliphatic heterocycles. The summed E-state index contributed by atoms with van der Waals surface area (Å²) in [5.41, 5.74) is 6.43. The van der Waals surface area contributed by atoms with Gasteiger partial charge in [-0.1, -0.05) is 18.2 Å². The molecule has 214 valence electrons. The largest absolute Gasteiger partial charge is 0.466 e. The van der Waals surface area contributed by atoms with Crippen LogP contribution in [0.15, 0.2) is 18.2 Å². The molecule has 0 fully saturated rings. The normalized spacial score (nSPS) is 12.3. The molecule has 0 saturated heterocycles. The number of hydrogen-bond donors (Lipinski definition) is 3. The first kappa shape index (κ1) is 32.9. The number of aryl methyl sites for hydroxylation is 1. The molecule has 0 heterocycles. The lowest BCUT2D eigenvalue weighted by Crippen LogP contribution is -2.53. The predicted molar refractivity (Wildman–Crippen MR) is 142 cm³/mol. The van der Waals surface area contributed by atoms with Crippen molar-refractivity contribution in [1.82, 2.24) is 15.5 Å². The molecule has 1 aromatic carbocycles. The van der Waals surface area contributed by atoms with E-state index in [0.717, 1.165) is 10.5 Å². The van der Waals surface area contributed by atoms with Crippen LogP contribution in [0.25, 0.3) is 0 Å². The van der Waals surface area contributed by atoms with E-state index in [2.05, 4.69) is 10.6 Å². The number of amides is 4.